The Bertz CT molecular complexity index is 781. The number of nitrogens with one attached hydrogen (secondary N) is 2. The number of aryl methyl sites for hydroxylation is 2. The van der Waals surface area contributed by atoms with Crippen LogP contribution in [-0.4, -0.2) is 57.4 Å². The predicted octanol–water partition coefficient (Wildman–Crippen LogP) is 1.91. The van der Waals surface area contributed by atoms with Gasteiger partial charge in [0.25, 0.3) is 0 Å². The fourth-order valence-electron chi connectivity index (χ4n) is 4.20. The lowest BCUT2D eigenvalue weighted by Gasteiger charge is -2.33. The first-order chi connectivity index (χ1) is 13.7. The van der Waals surface area contributed by atoms with Crippen LogP contribution >= 0.6 is 0 Å². The van der Waals surface area contributed by atoms with Gasteiger partial charge in [-0.25, -0.2) is 14.5 Å². The fourth-order valence-corrected chi connectivity index (χ4v) is 4.20. The summed E-state index contributed by atoms with van der Waals surface area (Å²) in [5.74, 6) is 1.83. The lowest BCUT2D eigenvalue weighted by atomic mass is 10.0. The largest absolute Gasteiger partial charge is 0.335 e. The minimum absolute atomic E-state index is 0.0481. The molecular weight excluding hydrogens is 352 g/mol. The van der Waals surface area contributed by atoms with Gasteiger partial charge in [0.15, 0.2) is 0 Å². The second kappa shape index (κ2) is 8.73. The van der Waals surface area contributed by atoms with Gasteiger partial charge in [0.2, 0.25) is 0 Å². The van der Waals surface area contributed by atoms with Crippen LogP contribution in [0.1, 0.15) is 36.5 Å². The molecule has 0 aliphatic carbocycles. The van der Waals surface area contributed by atoms with Crippen molar-refractivity contribution in [3.8, 4) is 0 Å². The first-order valence-corrected chi connectivity index (χ1v) is 10.4. The number of piperidine rings is 1. The van der Waals surface area contributed by atoms with Crippen LogP contribution in [0.4, 0.5) is 4.79 Å². The van der Waals surface area contributed by atoms with Gasteiger partial charge in [-0.15, -0.1) is 0 Å². The summed E-state index contributed by atoms with van der Waals surface area (Å²) in [7, 11) is 0. The number of hydrogen-bond acceptors (Lipinski definition) is 4. The Balaban J connectivity index is 1.16. The van der Waals surface area contributed by atoms with Gasteiger partial charge in [0, 0.05) is 32.1 Å². The van der Waals surface area contributed by atoms with Gasteiger partial charge in [-0.3, -0.25) is 0 Å². The molecule has 0 spiro atoms. The number of carbonyl (C=O) groups excluding carboxylic acids is 1. The van der Waals surface area contributed by atoms with Crippen LogP contribution in [0.5, 0.6) is 0 Å². The van der Waals surface area contributed by atoms with E-state index in [2.05, 4.69) is 55.9 Å². The molecule has 28 heavy (non-hydrogen) atoms. The van der Waals surface area contributed by atoms with Gasteiger partial charge in [0.05, 0.1) is 12.6 Å². The van der Waals surface area contributed by atoms with Crippen molar-refractivity contribution < 1.29 is 4.79 Å². The van der Waals surface area contributed by atoms with Crippen molar-refractivity contribution in [2.75, 3.05) is 19.6 Å². The molecule has 0 bridgehead atoms. The van der Waals surface area contributed by atoms with Crippen LogP contribution in [0.3, 0.4) is 0 Å². The Morgan fingerprint density at radius 3 is 2.64 bits per heavy atom. The van der Waals surface area contributed by atoms with Crippen molar-refractivity contribution in [2.45, 2.75) is 57.7 Å². The highest BCUT2D eigenvalue weighted by Crippen LogP contribution is 2.14. The molecule has 2 aliphatic heterocycles. The first kappa shape index (κ1) is 18.9. The highest BCUT2D eigenvalue weighted by Gasteiger charge is 2.24. The number of hydrogen-bond donors (Lipinski definition) is 2. The quantitative estimate of drug-likeness (QED) is 0.828. The molecule has 0 radical (unpaired) electrons. The number of benzene rings is 1. The van der Waals surface area contributed by atoms with E-state index in [1.54, 1.807) is 0 Å². The Labute approximate surface area is 166 Å². The highest BCUT2D eigenvalue weighted by molar-refractivity contribution is 5.74. The maximum Gasteiger partial charge on any atom is 0.315 e. The number of fused-ring (bicyclic) bond motifs is 1. The van der Waals surface area contributed by atoms with E-state index in [1.165, 1.54) is 5.56 Å². The van der Waals surface area contributed by atoms with Gasteiger partial charge in [0.1, 0.15) is 11.6 Å². The van der Waals surface area contributed by atoms with Crippen molar-refractivity contribution in [3.63, 3.8) is 0 Å². The van der Waals surface area contributed by atoms with Crippen molar-refractivity contribution in [3.05, 3.63) is 47.5 Å². The fraction of sp³-hybridized carbons (Fsp3) is 0.571. The van der Waals surface area contributed by atoms with Gasteiger partial charge in [-0.1, -0.05) is 30.3 Å². The van der Waals surface area contributed by atoms with Crippen molar-refractivity contribution >= 4 is 6.03 Å². The van der Waals surface area contributed by atoms with E-state index >= 15 is 0 Å². The highest BCUT2D eigenvalue weighted by atomic mass is 16.2. The zero-order chi connectivity index (χ0) is 19.3. The average Bonchev–Trinajstić information content (AvgIpc) is 3.07. The normalized spacial score (nSPS) is 20.5. The Hall–Kier alpha value is -2.41. The smallest absolute Gasteiger partial charge is 0.315 e. The molecular formula is C21H30N6O. The number of nitrogens with zero attached hydrogens (tertiary/aromatic N) is 4. The molecule has 1 aromatic carbocycles. The molecule has 2 N–H and O–H groups in total. The summed E-state index contributed by atoms with van der Waals surface area (Å²) >= 11 is 0. The number of aromatic nitrogens is 3. The van der Waals surface area contributed by atoms with Crippen molar-refractivity contribution in [2.24, 2.45) is 0 Å². The van der Waals surface area contributed by atoms with Crippen LogP contribution in [-0.2, 0) is 19.4 Å². The molecule has 1 saturated heterocycles. The van der Waals surface area contributed by atoms with Gasteiger partial charge >= 0.3 is 6.03 Å². The molecule has 2 aliphatic rings. The van der Waals surface area contributed by atoms with Crippen molar-refractivity contribution in [1.82, 2.24) is 30.3 Å². The molecule has 1 aromatic heterocycles. The third-order valence-electron chi connectivity index (χ3n) is 5.78. The third-order valence-corrected chi connectivity index (χ3v) is 5.78. The standard InChI is InChI=1S/C21H30N6O/c1-16-22-20-8-7-19(15-27(20)25-16)24-21(28)23-18-10-13-26(14-11-18)12-9-17-5-3-2-4-6-17/h2-6,18-19H,7-15H2,1H3,(H2,23,24,28). The van der Waals surface area contributed by atoms with E-state index in [9.17, 15) is 4.79 Å². The van der Waals surface area contributed by atoms with Gasteiger partial charge in [-0.05, 0) is 38.2 Å². The first-order valence-electron chi connectivity index (χ1n) is 10.4. The summed E-state index contributed by atoms with van der Waals surface area (Å²) in [5, 5.41) is 10.7. The zero-order valence-corrected chi connectivity index (χ0v) is 16.6. The summed E-state index contributed by atoms with van der Waals surface area (Å²) in [6, 6.07) is 11.0. The monoisotopic (exact) mass is 382 g/mol. The molecule has 7 nitrogen and oxygen atoms in total. The number of rotatable bonds is 5. The maximum absolute atomic E-state index is 12.4. The molecule has 3 heterocycles. The van der Waals surface area contributed by atoms with Crippen LogP contribution < -0.4 is 10.6 Å². The summed E-state index contributed by atoms with van der Waals surface area (Å²) < 4.78 is 1.93. The SMILES string of the molecule is Cc1nc2n(n1)CC(NC(=O)NC1CCN(CCc3ccccc3)CC1)CC2. The second-order valence-electron chi connectivity index (χ2n) is 7.96. The molecule has 150 valence electrons. The Kier molecular flexibility index (Phi) is 5.90. The zero-order valence-electron chi connectivity index (χ0n) is 16.6. The number of urea groups is 1. The summed E-state index contributed by atoms with van der Waals surface area (Å²) in [6.07, 6.45) is 4.90. The topological polar surface area (TPSA) is 75.1 Å². The van der Waals surface area contributed by atoms with Crippen LogP contribution in [0, 0.1) is 6.92 Å². The third kappa shape index (κ3) is 4.90. The number of likely N-dealkylation sites (tertiary alicyclic amines) is 1. The summed E-state index contributed by atoms with van der Waals surface area (Å²) in [4.78, 5) is 19.3. The van der Waals surface area contributed by atoms with Crippen molar-refractivity contribution in [1.29, 1.82) is 0 Å². The lowest BCUT2D eigenvalue weighted by Crippen LogP contribution is -2.51. The molecule has 4 rings (SSSR count). The molecule has 1 atom stereocenters. The van der Waals surface area contributed by atoms with E-state index < -0.39 is 0 Å². The average molecular weight is 383 g/mol. The molecule has 1 fully saturated rings. The summed E-state index contributed by atoms with van der Waals surface area (Å²) in [5.41, 5.74) is 1.39. The van der Waals surface area contributed by atoms with E-state index in [1.807, 2.05) is 11.6 Å². The minimum Gasteiger partial charge on any atom is -0.335 e. The molecule has 0 saturated carbocycles. The Morgan fingerprint density at radius 2 is 1.86 bits per heavy atom. The van der Waals surface area contributed by atoms with Gasteiger partial charge < -0.3 is 15.5 Å². The van der Waals surface area contributed by atoms with Crippen LogP contribution in [0.25, 0.3) is 0 Å². The molecule has 1 unspecified atom stereocenters. The van der Waals surface area contributed by atoms with E-state index in [4.69, 9.17) is 0 Å². The van der Waals surface area contributed by atoms with Crippen LogP contribution in [0.15, 0.2) is 30.3 Å². The van der Waals surface area contributed by atoms with Crippen LogP contribution in [0.2, 0.25) is 0 Å². The Morgan fingerprint density at radius 1 is 1.11 bits per heavy atom. The lowest BCUT2D eigenvalue weighted by molar-refractivity contribution is 0.191. The van der Waals surface area contributed by atoms with Gasteiger partial charge in [-0.2, -0.15) is 5.10 Å². The van der Waals surface area contributed by atoms with E-state index in [-0.39, 0.29) is 18.1 Å². The molecule has 7 heteroatoms. The van der Waals surface area contributed by atoms with E-state index in [0.717, 1.165) is 63.4 Å². The summed E-state index contributed by atoms with van der Waals surface area (Å²) in [6.45, 7) is 5.80. The minimum atomic E-state index is -0.0481. The number of amides is 2. The van der Waals surface area contributed by atoms with E-state index in [0.29, 0.717) is 6.54 Å². The number of carbonyl (C=O) groups is 1. The second-order valence-corrected chi connectivity index (χ2v) is 7.96. The molecule has 2 amide bonds. The maximum atomic E-state index is 12.4. The predicted molar refractivity (Wildman–Crippen MR) is 108 cm³/mol. The molecule has 2 aromatic rings.